The van der Waals surface area contributed by atoms with Crippen molar-refractivity contribution in [3.8, 4) is 0 Å². The van der Waals surface area contributed by atoms with Gasteiger partial charge in [0, 0.05) is 0 Å². The Labute approximate surface area is 67.9 Å². The van der Waals surface area contributed by atoms with Crippen molar-refractivity contribution in [3.63, 3.8) is 0 Å². The Bertz CT molecular complexity index is 154. The average Bonchev–Trinajstić information content (AvgIpc) is 1.97. The molecule has 0 aromatic rings. The molecule has 1 heterocycles. The summed E-state index contributed by atoms with van der Waals surface area (Å²) in [7, 11) is 0. The molecule has 1 rings (SSSR count). The minimum absolute atomic E-state index is 0.0186. The summed E-state index contributed by atoms with van der Waals surface area (Å²) in [5, 5.41) is 0. The monoisotopic (exact) mass is 156 g/mol. The molecule has 1 fully saturated rings. The third-order valence-corrected chi connectivity index (χ3v) is 2.43. The van der Waals surface area contributed by atoms with Gasteiger partial charge in [0.25, 0.3) is 0 Å². The van der Waals surface area contributed by atoms with Crippen LogP contribution in [0, 0.1) is 11.8 Å². The zero-order valence-corrected chi connectivity index (χ0v) is 7.46. The Balaban J connectivity index is 2.54. The number of cyclic esters (lactones) is 1. The molecule has 11 heavy (non-hydrogen) atoms. The molecule has 1 saturated heterocycles. The van der Waals surface area contributed by atoms with Gasteiger partial charge in [-0.2, -0.15) is 0 Å². The zero-order chi connectivity index (χ0) is 8.43. The van der Waals surface area contributed by atoms with Crippen LogP contribution in [0.1, 0.15) is 33.6 Å². The van der Waals surface area contributed by atoms with Gasteiger partial charge in [0.05, 0.1) is 5.92 Å². The van der Waals surface area contributed by atoms with Crippen molar-refractivity contribution in [2.45, 2.75) is 39.7 Å². The van der Waals surface area contributed by atoms with Crippen LogP contribution in [-0.2, 0) is 9.53 Å². The standard InChI is InChI=1S/C9H16O2/c1-4-8-6(2)5-7(3)9(10)11-8/h6-8H,4-5H2,1-3H3/t6-,7+,8-/m1/s1. The highest BCUT2D eigenvalue weighted by molar-refractivity contribution is 5.72. The molecule has 0 N–H and O–H groups in total. The largest absolute Gasteiger partial charge is 0.462 e. The first-order valence-electron chi connectivity index (χ1n) is 4.35. The number of esters is 1. The van der Waals surface area contributed by atoms with E-state index in [1.54, 1.807) is 0 Å². The van der Waals surface area contributed by atoms with Crippen LogP contribution in [-0.4, -0.2) is 12.1 Å². The maximum Gasteiger partial charge on any atom is 0.308 e. The first-order chi connectivity index (χ1) is 5.15. The van der Waals surface area contributed by atoms with Crippen LogP contribution in [0.4, 0.5) is 0 Å². The second-order valence-electron chi connectivity index (χ2n) is 3.50. The smallest absolute Gasteiger partial charge is 0.308 e. The second kappa shape index (κ2) is 3.24. The lowest BCUT2D eigenvalue weighted by molar-refractivity contribution is -0.164. The van der Waals surface area contributed by atoms with Gasteiger partial charge in [-0.25, -0.2) is 0 Å². The second-order valence-corrected chi connectivity index (χ2v) is 3.50. The molecule has 3 atom stereocenters. The maximum absolute atomic E-state index is 11.1. The molecule has 0 aromatic carbocycles. The first kappa shape index (κ1) is 8.57. The summed E-state index contributed by atoms with van der Waals surface area (Å²) >= 11 is 0. The molecule has 0 spiro atoms. The number of ether oxygens (including phenoxy) is 1. The SMILES string of the molecule is CC[C@H]1OC(=O)[C@@H](C)C[C@H]1C. The highest BCUT2D eigenvalue weighted by Crippen LogP contribution is 2.26. The molecular weight excluding hydrogens is 140 g/mol. The molecule has 64 valence electrons. The lowest BCUT2D eigenvalue weighted by Gasteiger charge is -2.31. The Morgan fingerprint density at radius 1 is 1.55 bits per heavy atom. The van der Waals surface area contributed by atoms with Gasteiger partial charge in [-0.1, -0.05) is 20.8 Å². The average molecular weight is 156 g/mol. The molecule has 1 aliphatic rings. The molecule has 2 heteroatoms. The Morgan fingerprint density at radius 2 is 2.18 bits per heavy atom. The maximum atomic E-state index is 11.1. The summed E-state index contributed by atoms with van der Waals surface area (Å²) in [6, 6.07) is 0. The quantitative estimate of drug-likeness (QED) is 0.543. The van der Waals surface area contributed by atoms with Crippen LogP contribution in [0.15, 0.2) is 0 Å². The predicted octanol–water partition coefficient (Wildman–Crippen LogP) is 1.98. The third-order valence-electron chi connectivity index (χ3n) is 2.43. The van der Waals surface area contributed by atoms with Gasteiger partial charge in [0.1, 0.15) is 6.10 Å². The van der Waals surface area contributed by atoms with Crippen molar-refractivity contribution in [2.24, 2.45) is 11.8 Å². The third kappa shape index (κ3) is 1.73. The summed E-state index contributed by atoms with van der Waals surface area (Å²) in [5.74, 6) is 0.621. The fourth-order valence-corrected chi connectivity index (χ4v) is 1.67. The number of hydrogen-bond donors (Lipinski definition) is 0. The minimum atomic E-state index is -0.0186. The summed E-state index contributed by atoms with van der Waals surface area (Å²) in [6.07, 6.45) is 2.09. The minimum Gasteiger partial charge on any atom is -0.462 e. The summed E-state index contributed by atoms with van der Waals surface area (Å²) in [6.45, 7) is 6.15. The normalized spacial score (nSPS) is 38.5. The van der Waals surface area contributed by atoms with Crippen LogP contribution in [0.5, 0.6) is 0 Å². The molecule has 0 amide bonds. The molecule has 2 nitrogen and oxygen atoms in total. The van der Waals surface area contributed by atoms with Gasteiger partial charge in [-0.3, -0.25) is 4.79 Å². The van der Waals surface area contributed by atoms with E-state index in [-0.39, 0.29) is 18.0 Å². The topological polar surface area (TPSA) is 26.3 Å². The summed E-state index contributed by atoms with van der Waals surface area (Å²) in [5.41, 5.74) is 0. The van der Waals surface area contributed by atoms with Crippen LogP contribution in [0.3, 0.4) is 0 Å². The van der Waals surface area contributed by atoms with Gasteiger partial charge >= 0.3 is 5.97 Å². The van der Waals surface area contributed by atoms with E-state index in [1.165, 1.54) is 0 Å². The molecule has 0 aliphatic carbocycles. The fourth-order valence-electron chi connectivity index (χ4n) is 1.67. The number of hydrogen-bond acceptors (Lipinski definition) is 2. The van der Waals surface area contributed by atoms with E-state index in [9.17, 15) is 4.79 Å². The Kier molecular flexibility index (Phi) is 2.53. The van der Waals surface area contributed by atoms with Crippen LogP contribution < -0.4 is 0 Å². The molecule has 0 unspecified atom stereocenters. The lowest BCUT2D eigenvalue weighted by atomic mass is 9.89. The van der Waals surface area contributed by atoms with Gasteiger partial charge in [-0.15, -0.1) is 0 Å². The van der Waals surface area contributed by atoms with E-state index < -0.39 is 0 Å². The van der Waals surface area contributed by atoms with Crippen LogP contribution in [0.2, 0.25) is 0 Å². The first-order valence-corrected chi connectivity index (χ1v) is 4.35. The van der Waals surface area contributed by atoms with Crippen molar-refractivity contribution in [2.75, 3.05) is 0 Å². The highest BCUT2D eigenvalue weighted by Gasteiger charge is 2.31. The van der Waals surface area contributed by atoms with Crippen molar-refractivity contribution < 1.29 is 9.53 Å². The summed E-state index contributed by atoms with van der Waals surface area (Å²) in [4.78, 5) is 11.1. The molecule has 0 bridgehead atoms. The van der Waals surface area contributed by atoms with E-state index in [2.05, 4.69) is 13.8 Å². The Hall–Kier alpha value is -0.530. The number of carbonyl (C=O) groups excluding carboxylic acids is 1. The lowest BCUT2D eigenvalue weighted by Crippen LogP contribution is -2.35. The van der Waals surface area contributed by atoms with E-state index in [4.69, 9.17) is 4.74 Å². The molecule has 1 aliphatic heterocycles. The van der Waals surface area contributed by atoms with E-state index >= 15 is 0 Å². The predicted molar refractivity (Wildman–Crippen MR) is 43.1 cm³/mol. The number of carbonyl (C=O) groups is 1. The van der Waals surface area contributed by atoms with Crippen LogP contribution >= 0.6 is 0 Å². The molecule has 0 saturated carbocycles. The fraction of sp³-hybridized carbons (Fsp3) is 0.889. The van der Waals surface area contributed by atoms with Gasteiger partial charge in [-0.05, 0) is 18.8 Å². The zero-order valence-electron chi connectivity index (χ0n) is 7.46. The van der Waals surface area contributed by atoms with Crippen molar-refractivity contribution >= 4 is 5.97 Å². The highest BCUT2D eigenvalue weighted by atomic mass is 16.5. The molecule has 0 radical (unpaired) electrons. The molecule has 0 aromatic heterocycles. The van der Waals surface area contributed by atoms with Crippen molar-refractivity contribution in [1.82, 2.24) is 0 Å². The van der Waals surface area contributed by atoms with Crippen molar-refractivity contribution in [1.29, 1.82) is 0 Å². The van der Waals surface area contributed by atoms with E-state index in [0.29, 0.717) is 5.92 Å². The van der Waals surface area contributed by atoms with Gasteiger partial charge < -0.3 is 4.74 Å². The number of rotatable bonds is 1. The molecular formula is C9H16O2. The van der Waals surface area contributed by atoms with Crippen LogP contribution in [0.25, 0.3) is 0 Å². The van der Waals surface area contributed by atoms with Crippen molar-refractivity contribution in [3.05, 3.63) is 0 Å². The van der Waals surface area contributed by atoms with E-state index in [0.717, 1.165) is 12.8 Å². The van der Waals surface area contributed by atoms with Gasteiger partial charge in [0.15, 0.2) is 0 Å². The Morgan fingerprint density at radius 3 is 2.73 bits per heavy atom. The van der Waals surface area contributed by atoms with E-state index in [1.807, 2.05) is 6.92 Å². The van der Waals surface area contributed by atoms with Gasteiger partial charge in [0.2, 0.25) is 0 Å². The summed E-state index contributed by atoms with van der Waals surface area (Å²) < 4.78 is 5.22.